The lowest BCUT2D eigenvalue weighted by molar-refractivity contribution is -0.134. The van der Waals surface area contributed by atoms with Crippen molar-refractivity contribution in [3.05, 3.63) is 29.8 Å². The fraction of sp³-hybridized carbons (Fsp3) is 0.533. The normalized spacial score (nSPS) is 14.8. The molecule has 0 spiro atoms. The third-order valence-electron chi connectivity index (χ3n) is 3.65. The predicted octanol–water partition coefficient (Wildman–Crippen LogP) is 2.86. The molecule has 1 amide bonds. The molecule has 2 rings (SSSR count). The minimum atomic E-state index is 0.165. The van der Waals surface area contributed by atoms with E-state index in [1.165, 1.54) is 6.42 Å². The summed E-state index contributed by atoms with van der Waals surface area (Å²) in [5.41, 5.74) is 0.989. The average molecular weight is 282 g/mol. The van der Waals surface area contributed by atoms with Crippen molar-refractivity contribution >= 4 is 17.5 Å². The van der Waals surface area contributed by atoms with Crippen molar-refractivity contribution in [3.63, 3.8) is 0 Å². The van der Waals surface area contributed by atoms with Gasteiger partial charge in [0, 0.05) is 18.5 Å². The number of carbonyl (C=O) groups excluding carboxylic acids is 1. The minimum absolute atomic E-state index is 0.165. The Balaban J connectivity index is 2.00. The summed E-state index contributed by atoms with van der Waals surface area (Å²) in [7, 11) is 1.63. The Bertz CT molecular complexity index is 432. The van der Waals surface area contributed by atoms with Crippen LogP contribution in [0.25, 0.3) is 0 Å². The molecule has 1 aromatic rings. The van der Waals surface area contributed by atoms with Gasteiger partial charge in [-0.05, 0) is 37.0 Å². The fourth-order valence-electron chi connectivity index (χ4n) is 2.36. The van der Waals surface area contributed by atoms with Crippen LogP contribution >= 0.6 is 11.6 Å². The molecular weight excluding hydrogens is 262 g/mol. The van der Waals surface area contributed by atoms with E-state index in [1.54, 1.807) is 7.11 Å². The number of carbonyl (C=O) groups is 1. The van der Waals surface area contributed by atoms with Crippen molar-refractivity contribution in [2.24, 2.45) is 0 Å². The second-order valence-corrected chi connectivity index (χ2v) is 5.27. The van der Waals surface area contributed by atoms with Crippen molar-refractivity contribution < 1.29 is 9.53 Å². The van der Waals surface area contributed by atoms with Gasteiger partial charge in [0.2, 0.25) is 5.91 Å². The van der Waals surface area contributed by atoms with Crippen molar-refractivity contribution in [2.75, 3.05) is 19.5 Å². The van der Waals surface area contributed by atoms with Gasteiger partial charge in [0.1, 0.15) is 5.75 Å². The second kappa shape index (κ2) is 6.80. The Morgan fingerprint density at radius 1 is 1.47 bits per heavy atom. The van der Waals surface area contributed by atoms with Gasteiger partial charge in [0.25, 0.3) is 0 Å². The van der Waals surface area contributed by atoms with Gasteiger partial charge in [0.05, 0.1) is 13.5 Å². The van der Waals surface area contributed by atoms with Crippen LogP contribution in [0.15, 0.2) is 24.3 Å². The molecule has 1 aromatic carbocycles. The Morgan fingerprint density at radius 3 is 2.84 bits per heavy atom. The van der Waals surface area contributed by atoms with E-state index in [2.05, 4.69) is 0 Å². The summed E-state index contributed by atoms with van der Waals surface area (Å²) in [6.45, 7) is 0.648. The molecule has 4 heteroatoms. The third-order valence-corrected chi connectivity index (χ3v) is 3.82. The van der Waals surface area contributed by atoms with Crippen LogP contribution in [0, 0.1) is 0 Å². The van der Waals surface area contributed by atoms with Crippen molar-refractivity contribution in [1.29, 1.82) is 0 Å². The standard InChI is InChI=1S/C15H20ClNO2/c1-19-14-7-2-4-12(10-14)11-15(18)17(9-8-16)13-5-3-6-13/h2,4,7,10,13H,3,5-6,8-9,11H2,1H3. The highest BCUT2D eigenvalue weighted by Gasteiger charge is 2.28. The molecule has 0 bridgehead atoms. The Labute approximate surface area is 119 Å². The fourth-order valence-corrected chi connectivity index (χ4v) is 2.54. The molecule has 19 heavy (non-hydrogen) atoms. The number of hydrogen-bond acceptors (Lipinski definition) is 2. The Kier molecular flexibility index (Phi) is 5.08. The van der Waals surface area contributed by atoms with Crippen LogP contribution in [-0.4, -0.2) is 36.4 Å². The second-order valence-electron chi connectivity index (χ2n) is 4.89. The van der Waals surface area contributed by atoms with Gasteiger partial charge in [-0.15, -0.1) is 11.6 Å². The quantitative estimate of drug-likeness (QED) is 0.751. The third kappa shape index (κ3) is 3.63. The highest BCUT2D eigenvalue weighted by atomic mass is 35.5. The van der Waals surface area contributed by atoms with E-state index in [1.807, 2.05) is 29.2 Å². The number of halogens is 1. The van der Waals surface area contributed by atoms with E-state index >= 15 is 0 Å². The maximum Gasteiger partial charge on any atom is 0.227 e. The largest absolute Gasteiger partial charge is 0.497 e. The van der Waals surface area contributed by atoms with Crippen LogP contribution in [-0.2, 0) is 11.2 Å². The highest BCUT2D eigenvalue weighted by molar-refractivity contribution is 6.18. The first-order chi connectivity index (χ1) is 9.24. The van der Waals surface area contributed by atoms with E-state index in [0.717, 1.165) is 24.2 Å². The number of nitrogens with zero attached hydrogens (tertiary/aromatic N) is 1. The van der Waals surface area contributed by atoms with Crippen LogP contribution in [0.5, 0.6) is 5.75 Å². The summed E-state index contributed by atoms with van der Waals surface area (Å²) in [4.78, 5) is 14.3. The molecule has 3 nitrogen and oxygen atoms in total. The monoisotopic (exact) mass is 281 g/mol. The van der Waals surface area contributed by atoms with Crippen LogP contribution in [0.4, 0.5) is 0 Å². The first-order valence-corrected chi connectivity index (χ1v) is 7.26. The number of methoxy groups -OCH3 is 1. The predicted molar refractivity (Wildman–Crippen MR) is 76.8 cm³/mol. The molecule has 0 N–H and O–H groups in total. The zero-order valence-electron chi connectivity index (χ0n) is 11.3. The molecule has 1 saturated carbocycles. The van der Waals surface area contributed by atoms with Crippen molar-refractivity contribution in [3.8, 4) is 5.75 Å². The summed E-state index contributed by atoms with van der Waals surface area (Å²) >= 11 is 5.80. The van der Waals surface area contributed by atoms with E-state index in [0.29, 0.717) is 24.9 Å². The average Bonchev–Trinajstić information content (AvgIpc) is 2.36. The van der Waals surface area contributed by atoms with Crippen LogP contribution < -0.4 is 4.74 Å². The van der Waals surface area contributed by atoms with E-state index in [-0.39, 0.29) is 5.91 Å². The molecule has 0 saturated heterocycles. The smallest absolute Gasteiger partial charge is 0.227 e. The van der Waals surface area contributed by atoms with Gasteiger partial charge in [0.15, 0.2) is 0 Å². The molecule has 104 valence electrons. The topological polar surface area (TPSA) is 29.5 Å². The van der Waals surface area contributed by atoms with Gasteiger partial charge < -0.3 is 9.64 Å². The first kappa shape index (κ1) is 14.2. The molecule has 1 aliphatic carbocycles. The highest BCUT2D eigenvalue weighted by Crippen LogP contribution is 2.25. The molecule has 1 aliphatic rings. The summed E-state index contributed by atoms with van der Waals surface area (Å²) in [5.74, 6) is 1.46. The lowest BCUT2D eigenvalue weighted by Gasteiger charge is -2.37. The van der Waals surface area contributed by atoms with Gasteiger partial charge in [-0.1, -0.05) is 12.1 Å². The maximum absolute atomic E-state index is 12.4. The summed E-state index contributed by atoms with van der Waals surface area (Å²) < 4.78 is 5.18. The number of ether oxygens (including phenoxy) is 1. The van der Waals surface area contributed by atoms with Crippen molar-refractivity contribution in [1.82, 2.24) is 4.90 Å². The number of hydrogen-bond donors (Lipinski definition) is 0. The zero-order chi connectivity index (χ0) is 13.7. The summed E-state index contributed by atoms with van der Waals surface area (Å²) in [6.07, 6.45) is 3.86. The minimum Gasteiger partial charge on any atom is -0.497 e. The van der Waals surface area contributed by atoms with E-state index in [9.17, 15) is 4.79 Å². The molecule has 1 fully saturated rings. The van der Waals surface area contributed by atoms with E-state index < -0.39 is 0 Å². The number of rotatable bonds is 6. The van der Waals surface area contributed by atoms with Gasteiger partial charge in [-0.25, -0.2) is 0 Å². The summed E-state index contributed by atoms with van der Waals surface area (Å²) in [6, 6.07) is 8.07. The lowest BCUT2D eigenvalue weighted by Crippen LogP contribution is -2.45. The molecule has 0 radical (unpaired) electrons. The van der Waals surface area contributed by atoms with Gasteiger partial charge in [-0.2, -0.15) is 0 Å². The number of alkyl halides is 1. The lowest BCUT2D eigenvalue weighted by atomic mass is 9.91. The van der Waals surface area contributed by atoms with Gasteiger partial charge >= 0.3 is 0 Å². The molecule has 0 heterocycles. The molecule has 0 aliphatic heterocycles. The van der Waals surface area contributed by atoms with E-state index in [4.69, 9.17) is 16.3 Å². The van der Waals surface area contributed by atoms with Crippen LogP contribution in [0.2, 0.25) is 0 Å². The Morgan fingerprint density at radius 2 is 2.26 bits per heavy atom. The molecular formula is C15H20ClNO2. The number of benzene rings is 1. The molecule has 0 aromatic heterocycles. The van der Waals surface area contributed by atoms with Crippen LogP contribution in [0.3, 0.4) is 0 Å². The van der Waals surface area contributed by atoms with Crippen molar-refractivity contribution in [2.45, 2.75) is 31.7 Å². The summed E-state index contributed by atoms with van der Waals surface area (Å²) in [5, 5.41) is 0. The van der Waals surface area contributed by atoms with Gasteiger partial charge in [-0.3, -0.25) is 4.79 Å². The first-order valence-electron chi connectivity index (χ1n) is 6.73. The number of amides is 1. The SMILES string of the molecule is COc1cccc(CC(=O)N(CCCl)C2CCC2)c1. The molecule has 0 atom stereocenters. The van der Waals surface area contributed by atoms with Crippen LogP contribution in [0.1, 0.15) is 24.8 Å². The zero-order valence-corrected chi connectivity index (χ0v) is 12.0. The molecule has 0 unspecified atom stereocenters. The maximum atomic E-state index is 12.4. The Hall–Kier alpha value is -1.22.